The summed E-state index contributed by atoms with van der Waals surface area (Å²) in [5, 5.41) is 10.2. The van der Waals surface area contributed by atoms with E-state index in [2.05, 4.69) is 0 Å². The molecule has 19 heavy (non-hydrogen) atoms. The minimum absolute atomic E-state index is 0.00311. The van der Waals surface area contributed by atoms with Crippen LogP contribution in [0.4, 0.5) is 0 Å². The summed E-state index contributed by atoms with van der Waals surface area (Å²) >= 11 is 6.19. The Morgan fingerprint density at radius 2 is 1.84 bits per heavy atom. The van der Waals surface area contributed by atoms with E-state index in [1.165, 1.54) is 0 Å². The standard InChI is InChI=1S/C15H19ClO3/c16-12-6-2-1-5-11(12)9-13-14(10-17)19-15(18-13)7-3-4-8-15/h1-2,5-6,13-14,17H,3-4,7-10H2. The summed E-state index contributed by atoms with van der Waals surface area (Å²) in [6, 6.07) is 7.77. The fourth-order valence-electron chi connectivity index (χ4n) is 3.09. The van der Waals surface area contributed by atoms with Crippen molar-refractivity contribution in [2.24, 2.45) is 0 Å². The van der Waals surface area contributed by atoms with Crippen LogP contribution in [0.2, 0.25) is 5.02 Å². The van der Waals surface area contributed by atoms with Crippen molar-refractivity contribution in [1.29, 1.82) is 0 Å². The first-order chi connectivity index (χ1) is 9.22. The van der Waals surface area contributed by atoms with Gasteiger partial charge in [-0.3, -0.25) is 0 Å². The summed E-state index contributed by atoms with van der Waals surface area (Å²) in [7, 11) is 0. The lowest BCUT2D eigenvalue weighted by Gasteiger charge is -2.22. The molecule has 3 rings (SSSR count). The molecule has 0 radical (unpaired) electrons. The third-order valence-corrected chi connectivity index (χ3v) is 4.44. The van der Waals surface area contributed by atoms with E-state index in [1.54, 1.807) is 0 Å². The normalized spacial score (nSPS) is 29.2. The third-order valence-electron chi connectivity index (χ3n) is 4.07. The summed E-state index contributed by atoms with van der Waals surface area (Å²) in [5.74, 6) is -0.445. The molecular weight excluding hydrogens is 264 g/mol. The maximum atomic E-state index is 9.49. The Labute approximate surface area is 118 Å². The highest BCUT2D eigenvalue weighted by molar-refractivity contribution is 6.31. The van der Waals surface area contributed by atoms with Crippen LogP contribution in [0.5, 0.6) is 0 Å². The Kier molecular flexibility index (Phi) is 3.81. The minimum atomic E-state index is -0.445. The molecule has 1 saturated carbocycles. The van der Waals surface area contributed by atoms with Crippen molar-refractivity contribution in [3.8, 4) is 0 Å². The quantitative estimate of drug-likeness (QED) is 0.926. The van der Waals surface area contributed by atoms with Crippen LogP contribution in [-0.2, 0) is 15.9 Å². The number of rotatable bonds is 3. The van der Waals surface area contributed by atoms with Crippen molar-refractivity contribution >= 4 is 11.6 Å². The molecule has 1 spiro atoms. The van der Waals surface area contributed by atoms with Crippen LogP contribution >= 0.6 is 11.6 Å². The zero-order valence-electron chi connectivity index (χ0n) is 10.8. The van der Waals surface area contributed by atoms with Crippen LogP contribution in [0, 0.1) is 0 Å². The van der Waals surface area contributed by atoms with Gasteiger partial charge >= 0.3 is 0 Å². The molecule has 1 aromatic rings. The average molecular weight is 283 g/mol. The molecule has 1 saturated heterocycles. The fourth-order valence-corrected chi connectivity index (χ4v) is 3.30. The molecular formula is C15H19ClO3. The number of halogens is 1. The first-order valence-corrected chi connectivity index (χ1v) is 7.30. The Hall–Kier alpha value is -0.610. The molecule has 1 aromatic carbocycles. The summed E-state index contributed by atoms with van der Waals surface area (Å²) < 4.78 is 12.1. The van der Waals surface area contributed by atoms with Crippen LogP contribution in [0.25, 0.3) is 0 Å². The molecule has 0 amide bonds. The van der Waals surface area contributed by atoms with Gasteiger partial charge < -0.3 is 14.6 Å². The molecule has 3 nitrogen and oxygen atoms in total. The zero-order valence-corrected chi connectivity index (χ0v) is 11.6. The molecule has 2 aliphatic rings. The first-order valence-electron chi connectivity index (χ1n) is 6.92. The van der Waals surface area contributed by atoms with E-state index in [4.69, 9.17) is 21.1 Å². The Morgan fingerprint density at radius 1 is 1.16 bits per heavy atom. The van der Waals surface area contributed by atoms with E-state index in [9.17, 15) is 5.11 Å². The van der Waals surface area contributed by atoms with Crippen LogP contribution in [-0.4, -0.2) is 29.7 Å². The van der Waals surface area contributed by atoms with E-state index in [0.717, 1.165) is 36.3 Å². The van der Waals surface area contributed by atoms with Gasteiger partial charge in [0.15, 0.2) is 5.79 Å². The summed E-state index contributed by atoms with van der Waals surface area (Å²) in [6.07, 6.45) is 4.48. The lowest BCUT2D eigenvalue weighted by molar-refractivity contribution is -0.171. The smallest absolute Gasteiger partial charge is 0.169 e. The van der Waals surface area contributed by atoms with Crippen LogP contribution < -0.4 is 0 Å². The number of aliphatic hydroxyl groups excluding tert-OH is 1. The van der Waals surface area contributed by atoms with Gasteiger partial charge in [-0.15, -0.1) is 0 Å². The molecule has 4 heteroatoms. The van der Waals surface area contributed by atoms with E-state index in [-0.39, 0.29) is 18.8 Å². The predicted octanol–water partition coefficient (Wildman–Crippen LogP) is 2.93. The third kappa shape index (κ3) is 2.65. The second kappa shape index (κ2) is 5.41. The van der Waals surface area contributed by atoms with Crippen molar-refractivity contribution in [2.45, 2.75) is 50.1 Å². The van der Waals surface area contributed by atoms with Crippen LogP contribution in [0.15, 0.2) is 24.3 Å². The van der Waals surface area contributed by atoms with Gasteiger partial charge in [-0.1, -0.05) is 29.8 Å². The number of aliphatic hydroxyl groups is 1. The number of benzene rings is 1. The second-order valence-electron chi connectivity index (χ2n) is 5.41. The van der Waals surface area contributed by atoms with E-state index in [0.29, 0.717) is 6.42 Å². The highest BCUT2D eigenvalue weighted by atomic mass is 35.5. The van der Waals surface area contributed by atoms with Gasteiger partial charge in [-0.25, -0.2) is 0 Å². The maximum Gasteiger partial charge on any atom is 0.169 e. The molecule has 2 atom stereocenters. The molecule has 1 aliphatic heterocycles. The molecule has 2 fully saturated rings. The van der Waals surface area contributed by atoms with E-state index >= 15 is 0 Å². The van der Waals surface area contributed by atoms with Crippen molar-refractivity contribution in [3.05, 3.63) is 34.9 Å². The second-order valence-corrected chi connectivity index (χ2v) is 5.82. The van der Waals surface area contributed by atoms with Gasteiger partial charge in [0.2, 0.25) is 0 Å². The Bertz CT molecular complexity index is 443. The molecule has 1 heterocycles. The van der Waals surface area contributed by atoms with Crippen molar-refractivity contribution in [1.82, 2.24) is 0 Å². The predicted molar refractivity (Wildman–Crippen MR) is 73.2 cm³/mol. The topological polar surface area (TPSA) is 38.7 Å². The molecule has 1 N–H and O–H groups in total. The van der Waals surface area contributed by atoms with Crippen molar-refractivity contribution < 1.29 is 14.6 Å². The van der Waals surface area contributed by atoms with Crippen molar-refractivity contribution in [3.63, 3.8) is 0 Å². The lowest BCUT2D eigenvalue weighted by atomic mass is 10.0. The Balaban J connectivity index is 1.75. The summed E-state index contributed by atoms with van der Waals surface area (Å²) in [6.45, 7) is -0.00311. The van der Waals surface area contributed by atoms with E-state index in [1.807, 2.05) is 24.3 Å². The molecule has 104 valence electrons. The van der Waals surface area contributed by atoms with Crippen LogP contribution in [0.3, 0.4) is 0 Å². The molecule has 1 aliphatic carbocycles. The van der Waals surface area contributed by atoms with Gasteiger partial charge in [0, 0.05) is 24.3 Å². The fraction of sp³-hybridized carbons (Fsp3) is 0.600. The maximum absolute atomic E-state index is 9.49. The number of hydrogen-bond donors (Lipinski definition) is 1. The highest BCUT2D eigenvalue weighted by Gasteiger charge is 2.48. The van der Waals surface area contributed by atoms with Gasteiger partial charge in [-0.2, -0.15) is 0 Å². The Morgan fingerprint density at radius 3 is 2.53 bits per heavy atom. The first kappa shape index (κ1) is 13.4. The summed E-state index contributed by atoms with van der Waals surface area (Å²) in [4.78, 5) is 0. The SMILES string of the molecule is OCC1OC2(CCCC2)OC1Cc1ccccc1Cl. The zero-order chi connectivity index (χ0) is 13.3. The average Bonchev–Trinajstić information content (AvgIpc) is 3.00. The highest BCUT2D eigenvalue weighted by Crippen LogP contribution is 2.42. The van der Waals surface area contributed by atoms with Crippen LogP contribution in [0.1, 0.15) is 31.2 Å². The van der Waals surface area contributed by atoms with Gasteiger partial charge in [0.25, 0.3) is 0 Å². The van der Waals surface area contributed by atoms with E-state index < -0.39 is 5.79 Å². The largest absolute Gasteiger partial charge is 0.394 e. The molecule has 2 unspecified atom stereocenters. The molecule has 0 bridgehead atoms. The summed E-state index contributed by atoms with van der Waals surface area (Å²) in [5.41, 5.74) is 1.05. The van der Waals surface area contributed by atoms with Crippen molar-refractivity contribution in [2.75, 3.05) is 6.61 Å². The monoisotopic (exact) mass is 282 g/mol. The van der Waals surface area contributed by atoms with Gasteiger partial charge in [-0.05, 0) is 24.5 Å². The molecule has 0 aromatic heterocycles. The lowest BCUT2D eigenvalue weighted by Crippen LogP contribution is -2.28. The van der Waals surface area contributed by atoms with Gasteiger partial charge in [0.05, 0.1) is 12.7 Å². The number of hydrogen-bond acceptors (Lipinski definition) is 3. The minimum Gasteiger partial charge on any atom is -0.394 e. The number of ether oxygens (including phenoxy) is 2. The van der Waals surface area contributed by atoms with Gasteiger partial charge in [0.1, 0.15) is 6.10 Å².